The van der Waals surface area contributed by atoms with E-state index in [1.165, 1.54) is 41.7 Å². The first-order valence-electron chi connectivity index (χ1n) is 22.5. The van der Waals surface area contributed by atoms with Crippen molar-refractivity contribution in [3.63, 3.8) is 0 Å². The monoisotopic (exact) mass is 961 g/mol. The maximum absolute atomic E-state index is 14.4. The van der Waals surface area contributed by atoms with E-state index in [1.807, 2.05) is 5.43 Å². The molecule has 0 unspecified atom stereocenters. The number of aliphatic imine (C=N–C) groups is 1. The van der Waals surface area contributed by atoms with Crippen molar-refractivity contribution in [1.29, 1.82) is 0 Å². The molecule has 3 aromatic rings. The predicted octanol–water partition coefficient (Wildman–Crippen LogP) is -0.842. The number of aromatic amines is 1. The third-order valence-corrected chi connectivity index (χ3v) is 11.4. The molecular weight excluding hydrogens is 899 g/mol. The second kappa shape index (κ2) is 25.9. The summed E-state index contributed by atoms with van der Waals surface area (Å²) in [6, 6.07) is 5.51. The molecule has 24 nitrogen and oxygen atoms in total. The van der Waals surface area contributed by atoms with Crippen molar-refractivity contribution in [1.82, 2.24) is 46.9 Å². The summed E-state index contributed by atoms with van der Waals surface area (Å²) in [4.78, 5) is 120. The lowest BCUT2D eigenvalue weighted by atomic mass is 9.98. The van der Waals surface area contributed by atoms with Gasteiger partial charge in [0.2, 0.25) is 35.4 Å². The highest BCUT2D eigenvalue weighted by Gasteiger charge is 2.41. The molecular formula is C45H63N13O11. The van der Waals surface area contributed by atoms with Crippen LogP contribution < -0.4 is 43.5 Å². The smallest absolute Gasteiger partial charge is 0.326 e. The van der Waals surface area contributed by atoms with Crippen LogP contribution >= 0.6 is 0 Å². The van der Waals surface area contributed by atoms with Crippen LogP contribution in [0.1, 0.15) is 70.2 Å². The molecule has 1 fully saturated rings. The Bertz CT molecular complexity index is 2260. The third kappa shape index (κ3) is 16.8. The normalized spacial score (nSPS) is 15.9. The third-order valence-electron chi connectivity index (χ3n) is 11.4. The fourth-order valence-corrected chi connectivity index (χ4v) is 7.70. The number of nitrogens with one attached hydrogen (secondary N) is 7. The molecule has 1 saturated heterocycles. The average Bonchev–Trinajstić information content (AvgIpc) is 4.01. The van der Waals surface area contributed by atoms with Gasteiger partial charge < -0.3 is 58.1 Å². The summed E-state index contributed by atoms with van der Waals surface area (Å²) >= 11 is 0. The molecule has 69 heavy (non-hydrogen) atoms. The number of phenolic OH excluding ortho intramolecular Hbond substituents is 1. The molecule has 2 heterocycles. The van der Waals surface area contributed by atoms with Crippen molar-refractivity contribution in [3.8, 4) is 5.75 Å². The quantitative estimate of drug-likeness (QED) is 0.0154. The van der Waals surface area contributed by atoms with E-state index in [0.29, 0.717) is 23.2 Å². The molecule has 7 atom stereocenters. The number of rotatable bonds is 26. The number of likely N-dealkylation sites (tertiary alicyclic amines) is 1. The number of nitro groups is 1. The Labute approximate surface area is 398 Å². The lowest BCUT2D eigenvalue weighted by molar-refractivity contribution is -0.548. The number of phenols is 1. The fraction of sp³-hybridized carbons (Fsp3) is 0.489. The number of carboxylic acid groups (broad SMARTS) is 1. The number of aromatic nitrogens is 2. The maximum atomic E-state index is 14.4. The number of aliphatic carboxylic acids is 1. The molecule has 1 aliphatic rings. The van der Waals surface area contributed by atoms with Crippen molar-refractivity contribution >= 4 is 47.4 Å². The van der Waals surface area contributed by atoms with E-state index < -0.39 is 101 Å². The van der Waals surface area contributed by atoms with Crippen LogP contribution in [0.5, 0.6) is 5.75 Å². The lowest BCUT2D eigenvalue weighted by Crippen LogP contribution is -2.61. The van der Waals surface area contributed by atoms with E-state index in [9.17, 15) is 53.9 Å². The Morgan fingerprint density at radius 3 is 1.93 bits per heavy atom. The summed E-state index contributed by atoms with van der Waals surface area (Å²) in [5.74, 6) is -7.35. The number of H-pyrrole nitrogens is 1. The number of nitrogens with zero attached hydrogens (tertiary/aromatic N) is 4. The van der Waals surface area contributed by atoms with E-state index in [4.69, 9.17) is 11.5 Å². The highest BCUT2D eigenvalue weighted by atomic mass is 16.7. The second-order valence-corrected chi connectivity index (χ2v) is 17.4. The molecule has 0 radical (unpaired) electrons. The second-order valence-electron chi connectivity index (χ2n) is 17.4. The zero-order valence-electron chi connectivity index (χ0n) is 38.9. The van der Waals surface area contributed by atoms with Crippen LogP contribution in [0.4, 0.5) is 0 Å². The number of guanidine groups is 1. The number of hydrazine groups is 1. The van der Waals surface area contributed by atoms with Crippen LogP contribution in [0, 0.1) is 22.0 Å². The topological polar surface area (TPSA) is 372 Å². The van der Waals surface area contributed by atoms with Gasteiger partial charge >= 0.3 is 5.97 Å². The highest BCUT2D eigenvalue weighted by molar-refractivity contribution is 5.97. The maximum Gasteiger partial charge on any atom is 0.326 e. The molecule has 6 amide bonds. The van der Waals surface area contributed by atoms with Crippen molar-refractivity contribution < 1.29 is 48.8 Å². The molecule has 374 valence electrons. The van der Waals surface area contributed by atoms with E-state index >= 15 is 0 Å². The van der Waals surface area contributed by atoms with E-state index in [2.05, 4.69) is 41.5 Å². The van der Waals surface area contributed by atoms with Crippen molar-refractivity contribution in [2.45, 2.75) is 115 Å². The molecule has 24 heteroatoms. The number of hydrogen-bond acceptors (Lipinski definition) is 12. The van der Waals surface area contributed by atoms with Gasteiger partial charge in [-0.15, -0.1) is 5.43 Å². The Morgan fingerprint density at radius 2 is 1.38 bits per heavy atom. The molecule has 0 aliphatic carbocycles. The molecule has 1 aliphatic heterocycles. The summed E-state index contributed by atoms with van der Waals surface area (Å²) < 4.78 is 0. The Kier molecular flexibility index (Phi) is 20.2. The van der Waals surface area contributed by atoms with Gasteiger partial charge in [-0.05, 0) is 60.8 Å². The van der Waals surface area contributed by atoms with Gasteiger partial charge in [-0.3, -0.25) is 33.8 Å². The number of carbonyl (C=O) groups excluding carboxylic acids is 6. The summed E-state index contributed by atoms with van der Waals surface area (Å²) in [7, 11) is 0. The van der Waals surface area contributed by atoms with Gasteiger partial charge in [0.1, 0.15) is 42.0 Å². The zero-order valence-corrected chi connectivity index (χ0v) is 38.9. The van der Waals surface area contributed by atoms with E-state index in [-0.39, 0.29) is 63.3 Å². The molecule has 0 spiro atoms. The van der Waals surface area contributed by atoms with Crippen LogP contribution in [0.25, 0.3) is 0 Å². The number of benzene rings is 2. The van der Waals surface area contributed by atoms with Gasteiger partial charge in [0.15, 0.2) is 17.0 Å². The first kappa shape index (κ1) is 53.8. The number of imidazole rings is 1. The van der Waals surface area contributed by atoms with Crippen LogP contribution in [0.3, 0.4) is 0 Å². The van der Waals surface area contributed by atoms with Gasteiger partial charge in [0.05, 0.1) is 6.33 Å². The molecule has 4 rings (SSSR count). The molecule has 2 aromatic carbocycles. The Morgan fingerprint density at radius 1 is 0.797 bits per heavy atom. The number of carboxylic acids is 1. The van der Waals surface area contributed by atoms with Crippen molar-refractivity contribution in [2.24, 2.45) is 28.3 Å². The van der Waals surface area contributed by atoms with Crippen LogP contribution in [0.15, 0.2) is 72.1 Å². The average molecular weight is 962 g/mol. The molecule has 1 aromatic heterocycles. The number of hydrogen-bond donors (Lipinski definition) is 11. The fourth-order valence-electron chi connectivity index (χ4n) is 7.70. The van der Waals surface area contributed by atoms with Gasteiger partial charge in [-0.1, -0.05) is 70.2 Å². The Balaban J connectivity index is 1.55. The predicted molar refractivity (Wildman–Crippen MR) is 250 cm³/mol. The molecule has 0 bridgehead atoms. The largest absolute Gasteiger partial charge is 0.508 e. The van der Waals surface area contributed by atoms with E-state index in [0.717, 1.165) is 0 Å². The summed E-state index contributed by atoms with van der Waals surface area (Å²) in [6.45, 7) is 6.74. The summed E-state index contributed by atoms with van der Waals surface area (Å²) in [6.07, 6.45) is 3.34. The van der Waals surface area contributed by atoms with Gasteiger partial charge in [-0.25, -0.2) is 19.9 Å². The standard InChI is InChI=1S/C45H63N13O11/c1-25(2)36(54-38(60)31(56-58(68)69)12-8-18-49-45(46)47)41(63)51-32(20-28-14-16-30(59)17-15-28)39(61)55-37(26(3)4)42(64)52-33(22-29-23-48-24-50-29)43(65)57-19-9-13-35(57)40(62)53-34(44(66)67)21-27-10-6-5-7-11-27/h5-7,10-11,14-17,23-26,31-37,56,59H,8-9,12-13,18-22H2,1-4H3,(H,48,50)(H,51,63)(H,52,64)(H,53,62)(H,54,60)(H,55,61)(H,66,67)(H4,46,47,49)/t31-,32+,33+,34+,35+,36+,37+/m1/s1. The Hall–Kier alpha value is -7.79. The summed E-state index contributed by atoms with van der Waals surface area (Å²) in [5, 5.41) is 43.6. The molecule has 13 N–H and O–H groups in total. The van der Waals surface area contributed by atoms with Gasteiger partial charge in [0.25, 0.3) is 0 Å². The van der Waals surface area contributed by atoms with Crippen molar-refractivity contribution in [2.75, 3.05) is 13.1 Å². The number of nitrogens with two attached hydrogens (primary N) is 2. The summed E-state index contributed by atoms with van der Waals surface area (Å²) in [5.41, 5.74) is 14.3. The number of aromatic hydroxyl groups is 1. The van der Waals surface area contributed by atoms with E-state index in [1.54, 1.807) is 58.0 Å². The first-order chi connectivity index (χ1) is 32.7. The highest BCUT2D eigenvalue weighted by Crippen LogP contribution is 2.21. The minimum absolute atomic E-state index is 0.00548. The van der Waals surface area contributed by atoms with Gasteiger partial charge in [-0.2, -0.15) is 0 Å². The van der Waals surface area contributed by atoms with Crippen LogP contribution in [-0.2, 0) is 52.8 Å². The lowest BCUT2D eigenvalue weighted by Gasteiger charge is -2.31. The molecule has 0 saturated carbocycles. The minimum atomic E-state index is -1.40. The number of carbonyl (C=O) groups is 7. The minimum Gasteiger partial charge on any atom is -0.508 e. The van der Waals surface area contributed by atoms with Crippen molar-refractivity contribution in [3.05, 3.63) is 94.1 Å². The van der Waals surface area contributed by atoms with Crippen LogP contribution in [-0.4, -0.2) is 133 Å². The van der Waals surface area contributed by atoms with Gasteiger partial charge in [0, 0.05) is 44.2 Å². The zero-order chi connectivity index (χ0) is 50.8. The SMILES string of the molecule is CC(C)[C@H](NC(=O)[C@H](Cc1ccc(O)cc1)NC(=O)[C@@H](NC(=O)[C@@H](CCCN=C(N)N)N[N+](=O)[O-])C(C)C)C(=O)N[C@@H](Cc1cnc[nH]1)C(=O)N1CCC[C@H]1C(=O)N[C@@H](Cc1ccccc1)C(=O)O. The first-order valence-corrected chi connectivity index (χ1v) is 22.5. The van der Waals surface area contributed by atoms with Crippen LogP contribution in [0.2, 0.25) is 0 Å². The number of amides is 6.